The van der Waals surface area contributed by atoms with Gasteiger partial charge in [-0.05, 0) is 35.9 Å². The number of nitriles is 1. The standard InChI is InChI=1S/C15H11ClN4/c16-8-15-19-13-2-1-12(9-17)7-14(13)20(15)10-11-3-5-18-6-4-11/h1-7H,8,10H2. The Hall–Kier alpha value is -2.38. The van der Waals surface area contributed by atoms with E-state index in [1.165, 1.54) is 0 Å². The van der Waals surface area contributed by atoms with Crippen LogP contribution in [0.25, 0.3) is 11.0 Å². The van der Waals surface area contributed by atoms with E-state index >= 15 is 0 Å². The first-order valence-electron chi connectivity index (χ1n) is 6.16. The second-order valence-corrected chi connectivity index (χ2v) is 4.69. The zero-order chi connectivity index (χ0) is 13.9. The van der Waals surface area contributed by atoms with Crippen molar-refractivity contribution < 1.29 is 0 Å². The minimum absolute atomic E-state index is 0.335. The van der Waals surface area contributed by atoms with Crippen molar-refractivity contribution in [2.24, 2.45) is 0 Å². The number of rotatable bonds is 3. The van der Waals surface area contributed by atoms with Gasteiger partial charge in [0.1, 0.15) is 5.82 Å². The minimum Gasteiger partial charge on any atom is -0.322 e. The van der Waals surface area contributed by atoms with Gasteiger partial charge < -0.3 is 4.57 Å². The molecule has 2 heterocycles. The van der Waals surface area contributed by atoms with E-state index in [2.05, 4.69) is 16.0 Å². The first-order chi connectivity index (χ1) is 9.81. The molecule has 3 aromatic rings. The number of fused-ring (bicyclic) bond motifs is 1. The maximum atomic E-state index is 9.03. The average Bonchev–Trinajstić information content (AvgIpc) is 2.85. The van der Waals surface area contributed by atoms with E-state index in [0.29, 0.717) is 18.0 Å². The molecule has 20 heavy (non-hydrogen) atoms. The molecule has 0 spiro atoms. The van der Waals surface area contributed by atoms with E-state index in [1.54, 1.807) is 18.5 Å². The molecule has 4 nitrogen and oxygen atoms in total. The number of alkyl halides is 1. The van der Waals surface area contributed by atoms with Gasteiger partial charge in [-0.1, -0.05) is 0 Å². The van der Waals surface area contributed by atoms with Gasteiger partial charge in [0.25, 0.3) is 0 Å². The number of aromatic nitrogens is 3. The van der Waals surface area contributed by atoms with Gasteiger partial charge in [0.2, 0.25) is 0 Å². The number of nitrogens with zero attached hydrogens (tertiary/aromatic N) is 4. The topological polar surface area (TPSA) is 54.5 Å². The monoisotopic (exact) mass is 282 g/mol. The van der Waals surface area contributed by atoms with Crippen LogP contribution in [0.3, 0.4) is 0 Å². The van der Waals surface area contributed by atoms with E-state index in [9.17, 15) is 0 Å². The molecular formula is C15H11ClN4. The summed E-state index contributed by atoms with van der Waals surface area (Å²) in [5.74, 6) is 1.13. The summed E-state index contributed by atoms with van der Waals surface area (Å²) >= 11 is 5.98. The smallest absolute Gasteiger partial charge is 0.125 e. The Morgan fingerprint density at radius 1 is 1.20 bits per heavy atom. The molecule has 0 aliphatic heterocycles. The number of pyridine rings is 1. The molecule has 1 aromatic carbocycles. The highest BCUT2D eigenvalue weighted by atomic mass is 35.5. The highest BCUT2D eigenvalue weighted by molar-refractivity contribution is 6.16. The summed E-state index contributed by atoms with van der Waals surface area (Å²) in [6, 6.07) is 11.5. The molecule has 0 unspecified atom stereocenters. The number of imidazole rings is 1. The fourth-order valence-electron chi connectivity index (χ4n) is 2.19. The molecule has 5 heteroatoms. The third kappa shape index (κ3) is 2.24. The van der Waals surface area contributed by atoms with Crippen molar-refractivity contribution in [1.82, 2.24) is 14.5 Å². The first-order valence-corrected chi connectivity index (χ1v) is 6.69. The molecule has 3 rings (SSSR count). The van der Waals surface area contributed by atoms with Gasteiger partial charge in [-0.2, -0.15) is 5.26 Å². The lowest BCUT2D eigenvalue weighted by molar-refractivity contribution is 0.777. The first kappa shape index (κ1) is 12.6. The quantitative estimate of drug-likeness (QED) is 0.694. The van der Waals surface area contributed by atoms with E-state index in [4.69, 9.17) is 16.9 Å². The van der Waals surface area contributed by atoms with E-state index in [1.807, 2.05) is 28.8 Å². The maximum absolute atomic E-state index is 9.03. The van der Waals surface area contributed by atoms with Crippen molar-refractivity contribution in [2.45, 2.75) is 12.4 Å². The third-order valence-corrected chi connectivity index (χ3v) is 3.41. The van der Waals surface area contributed by atoms with Crippen molar-refractivity contribution in [2.75, 3.05) is 0 Å². The molecule has 0 aliphatic carbocycles. The molecular weight excluding hydrogens is 272 g/mol. The van der Waals surface area contributed by atoms with Gasteiger partial charge in [0, 0.05) is 18.9 Å². The van der Waals surface area contributed by atoms with E-state index in [-0.39, 0.29) is 0 Å². The highest BCUT2D eigenvalue weighted by Crippen LogP contribution is 2.20. The molecule has 0 N–H and O–H groups in total. The van der Waals surface area contributed by atoms with Crippen LogP contribution in [0, 0.1) is 11.3 Å². The molecule has 0 saturated carbocycles. The summed E-state index contributed by atoms with van der Waals surface area (Å²) in [5.41, 5.74) is 3.52. The Morgan fingerprint density at radius 3 is 2.70 bits per heavy atom. The second kappa shape index (κ2) is 5.32. The summed E-state index contributed by atoms with van der Waals surface area (Å²) in [4.78, 5) is 8.52. The van der Waals surface area contributed by atoms with Crippen LogP contribution in [-0.4, -0.2) is 14.5 Å². The van der Waals surface area contributed by atoms with Gasteiger partial charge in [-0.15, -0.1) is 11.6 Å². The Kier molecular flexibility index (Phi) is 3.36. The van der Waals surface area contributed by atoms with Crippen LogP contribution in [-0.2, 0) is 12.4 Å². The lowest BCUT2D eigenvalue weighted by atomic mass is 10.2. The summed E-state index contributed by atoms with van der Waals surface area (Å²) in [7, 11) is 0. The minimum atomic E-state index is 0.335. The molecule has 0 saturated heterocycles. The van der Waals surface area contributed by atoms with Crippen LogP contribution in [0.5, 0.6) is 0 Å². The molecule has 2 aromatic heterocycles. The van der Waals surface area contributed by atoms with Gasteiger partial charge in [-0.25, -0.2) is 4.98 Å². The largest absolute Gasteiger partial charge is 0.322 e. The molecule has 0 fully saturated rings. The Morgan fingerprint density at radius 2 is 2.00 bits per heavy atom. The van der Waals surface area contributed by atoms with E-state index < -0.39 is 0 Å². The van der Waals surface area contributed by atoms with Crippen LogP contribution < -0.4 is 0 Å². The molecule has 0 aliphatic rings. The number of benzene rings is 1. The normalized spacial score (nSPS) is 10.6. The molecule has 0 amide bonds. The number of hydrogen-bond donors (Lipinski definition) is 0. The number of halogens is 1. The van der Waals surface area contributed by atoms with Gasteiger partial charge in [-0.3, -0.25) is 4.98 Å². The predicted molar refractivity (Wildman–Crippen MR) is 77.3 cm³/mol. The zero-order valence-corrected chi connectivity index (χ0v) is 11.4. The Bertz CT molecular complexity index is 787. The molecule has 0 radical (unpaired) electrons. The zero-order valence-electron chi connectivity index (χ0n) is 10.6. The van der Waals surface area contributed by atoms with Gasteiger partial charge in [0.05, 0.1) is 28.5 Å². The highest BCUT2D eigenvalue weighted by Gasteiger charge is 2.11. The van der Waals surface area contributed by atoms with Crippen LogP contribution in [0.2, 0.25) is 0 Å². The van der Waals surface area contributed by atoms with Crippen LogP contribution in [0.15, 0.2) is 42.7 Å². The lowest BCUT2D eigenvalue weighted by Gasteiger charge is -2.07. The SMILES string of the molecule is N#Cc1ccc2nc(CCl)n(Cc3ccncc3)c2c1. The Labute approximate surface area is 121 Å². The fraction of sp³-hybridized carbons (Fsp3) is 0.133. The lowest BCUT2D eigenvalue weighted by Crippen LogP contribution is -2.03. The average molecular weight is 283 g/mol. The summed E-state index contributed by atoms with van der Waals surface area (Å²) in [6.45, 7) is 0.663. The second-order valence-electron chi connectivity index (χ2n) is 4.42. The van der Waals surface area contributed by atoms with Crippen molar-refractivity contribution in [3.8, 4) is 6.07 Å². The van der Waals surface area contributed by atoms with Gasteiger partial charge >= 0.3 is 0 Å². The van der Waals surface area contributed by atoms with Crippen molar-refractivity contribution in [1.29, 1.82) is 5.26 Å². The van der Waals surface area contributed by atoms with Crippen LogP contribution in [0.4, 0.5) is 0 Å². The number of hydrogen-bond acceptors (Lipinski definition) is 3. The molecule has 98 valence electrons. The maximum Gasteiger partial charge on any atom is 0.125 e. The van der Waals surface area contributed by atoms with Crippen LogP contribution in [0.1, 0.15) is 17.0 Å². The molecule has 0 bridgehead atoms. The Balaban J connectivity index is 2.14. The summed E-state index contributed by atoms with van der Waals surface area (Å²) < 4.78 is 2.04. The molecule has 0 atom stereocenters. The van der Waals surface area contributed by atoms with Crippen LogP contribution >= 0.6 is 11.6 Å². The summed E-state index contributed by atoms with van der Waals surface area (Å²) in [6.07, 6.45) is 3.52. The van der Waals surface area contributed by atoms with Crippen molar-refractivity contribution in [3.63, 3.8) is 0 Å². The van der Waals surface area contributed by atoms with Crippen molar-refractivity contribution >= 4 is 22.6 Å². The third-order valence-electron chi connectivity index (χ3n) is 3.17. The van der Waals surface area contributed by atoms with Crippen molar-refractivity contribution in [3.05, 3.63) is 59.7 Å². The fourth-order valence-corrected chi connectivity index (χ4v) is 2.40. The predicted octanol–water partition coefficient (Wildman–Crippen LogP) is 3.09. The summed E-state index contributed by atoms with van der Waals surface area (Å²) in [5, 5.41) is 9.03. The van der Waals surface area contributed by atoms with E-state index in [0.717, 1.165) is 22.4 Å². The van der Waals surface area contributed by atoms with Gasteiger partial charge in [0.15, 0.2) is 0 Å².